The van der Waals surface area contributed by atoms with Gasteiger partial charge in [-0.3, -0.25) is 0 Å². The molecule has 2 nitrogen and oxygen atoms in total. The topological polar surface area (TPSA) is 35.8 Å². The monoisotopic (exact) mass is 168 g/mol. The Bertz CT molecular complexity index is 135. The van der Waals surface area contributed by atoms with Gasteiger partial charge in [0.1, 0.15) is 0 Å². The van der Waals surface area contributed by atoms with E-state index in [2.05, 4.69) is 32.2 Å². The van der Waals surface area contributed by atoms with Crippen LogP contribution in [0.15, 0.2) is 0 Å². The second-order valence-electron chi connectivity index (χ2n) is 3.47. The van der Waals surface area contributed by atoms with Crippen molar-refractivity contribution in [1.82, 2.24) is 5.32 Å². The first-order valence-electron chi connectivity index (χ1n) is 4.82. The van der Waals surface area contributed by atoms with Gasteiger partial charge < -0.3 is 5.32 Å². The van der Waals surface area contributed by atoms with Crippen LogP contribution in [0.3, 0.4) is 0 Å². The average Bonchev–Trinajstić information content (AvgIpc) is 2.04. The van der Waals surface area contributed by atoms with Crippen LogP contribution >= 0.6 is 0 Å². The smallest absolute Gasteiger partial charge is 0.0622 e. The van der Waals surface area contributed by atoms with Gasteiger partial charge in [0, 0.05) is 12.5 Å². The number of nitrogens with one attached hydrogen (secondary N) is 1. The van der Waals surface area contributed by atoms with Crippen molar-refractivity contribution in [1.29, 1.82) is 5.26 Å². The van der Waals surface area contributed by atoms with Gasteiger partial charge in [-0.15, -0.1) is 0 Å². The molecule has 0 aromatic carbocycles. The maximum absolute atomic E-state index is 8.32. The molecule has 0 heterocycles. The van der Waals surface area contributed by atoms with Gasteiger partial charge in [0.25, 0.3) is 0 Å². The van der Waals surface area contributed by atoms with Crippen molar-refractivity contribution in [2.24, 2.45) is 5.92 Å². The molecule has 70 valence electrons. The van der Waals surface area contributed by atoms with E-state index in [-0.39, 0.29) is 0 Å². The molecule has 2 heteroatoms. The third kappa shape index (κ3) is 5.15. The average molecular weight is 168 g/mol. The molecule has 0 bridgehead atoms. The molecule has 0 aliphatic carbocycles. The lowest BCUT2D eigenvalue weighted by molar-refractivity contribution is 0.388. The van der Waals surface area contributed by atoms with E-state index in [1.54, 1.807) is 0 Å². The van der Waals surface area contributed by atoms with Crippen molar-refractivity contribution < 1.29 is 0 Å². The molecule has 0 aliphatic heterocycles. The van der Waals surface area contributed by atoms with Crippen LogP contribution in [0.1, 0.15) is 40.0 Å². The van der Waals surface area contributed by atoms with E-state index in [4.69, 9.17) is 5.26 Å². The summed E-state index contributed by atoms with van der Waals surface area (Å²) in [6.45, 7) is 7.63. The lowest BCUT2D eigenvalue weighted by atomic mass is 10.0. The summed E-state index contributed by atoms with van der Waals surface area (Å²) in [5.41, 5.74) is 0. The van der Waals surface area contributed by atoms with Gasteiger partial charge in [0.2, 0.25) is 0 Å². The van der Waals surface area contributed by atoms with Crippen molar-refractivity contribution in [2.45, 2.75) is 46.1 Å². The van der Waals surface area contributed by atoms with Crippen LogP contribution in [-0.2, 0) is 0 Å². The van der Waals surface area contributed by atoms with Gasteiger partial charge in [-0.05, 0) is 25.3 Å². The van der Waals surface area contributed by atoms with Crippen LogP contribution in [0.2, 0.25) is 0 Å². The number of hydrogen-bond donors (Lipinski definition) is 1. The van der Waals surface area contributed by atoms with Crippen LogP contribution < -0.4 is 5.32 Å². The first kappa shape index (κ1) is 11.4. The summed E-state index contributed by atoms with van der Waals surface area (Å²) in [6.07, 6.45) is 2.81. The predicted molar refractivity (Wildman–Crippen MR) is 51.8 cm³/mol. The minimum atomic E-state index is 0.615. The fourth-order valence-electron chi connectivity index (χ4n) is 1.31. The van der Waals surface area contributed by atoms with Crippen LogP contribution in [0.5, 0.6) is 0 Å². The fourth-order valence-corrected chi connectivity index (χ4v) is 1.31. The molecule has 0 spiro atoms. The highest BCUT2D eigenvalue weighted by Crippen LogP contribution is 2.04. The van der Waals surface area contributed by atoms with E-state index in [0.29, 0.717) is 18.4 Å². The summed E-state index contributed by atoms with van der Waals surface area (Å²) in [5, 5.41) is 11.8. The Hall–Kier alpha value is -0.550. The molecule has 1 N–H and O–H groups in total. The standard InChI is InChI=1S/C10H20N2/c1-4-10(9(2)3)12-8-6-5-7-11/h9-10,12H,4-6,8H2,1-3H3. The summed E-state index contributed by atoms with van der Waals surface area (Å²) >= 11 is 0. The SMILES string of the molecule is CCC(NCCCC#N)C(C)C. The van der Waals surface area contributed by atoms with Crippen LogP contribution in [0.4, 0.5) is 0 Å². The lowest BCUT2D eigenvalue weighted by Gasteiger charge is -2.20. The zero-order chi connectivity index (χ0) is 9.40. The van der Waals surface area contributed by atoms with Crippen molar-refractivity contribution >= 4 is 0 Å². The minimum absolute atomic E-state index is 0.615. The summed E-state index contributed by atoms with van der Waals surface area (Å²) in [7, 11) is 0. The van der Waals surface area contributed by atoms with E-state index >= 15 is 0 Å². The summed E-state index contributed by atoms with van der Waals surface area (Å²) in [6, 6.07) is 2.76. The van der Waals surface area contributed by atoms with Gasteiger partial charge >= 0.3 is 0 Å². The number of rotatable bonds is 6. The van der Waals surface area contributed by atoms with Crippen molar-refractivity contribution in [3.05, 3.63) is 0 Å². The molecule has 0 rings (SSSR count). The minimum Gasteiger partial charge on any atom is -0.314 e. The maximum Gasteiger partial charge on any atom is 0.0622 e. The first-order chi connectivity index (χ1) is 5.72. The van der Waals surface area contributed by atoms with Gasteiger partial charge in [-0.25, -0.2) is 0 Å². The molecule has 1 unspecified atom stereocenters. The first-order valence-corrected chi connectivity index (χ1v) is 4.82. The fraction of sp³-hybridized carbons (Fsp3) is 0.900. The number of nitriles is 1. The van der Waals surface area contributed by atoms with Crippen LogP contribution in [-0.4, -0.2) is 12.6 Å². The van der Waals surface area contributed by atoms with Crippen LogP contribution in [0.25, 0.3) is 0 Å². The van der Waals surface area contributed by atoms with Gasteiger partial charge in [0.05, 0.1) is 6.07 Å². The zero-order valence-electron chi connectivity index (χ0n) is 8.43. The third-order valence-corrected chi connectivity index (χ3v) is 2.12. The maximum atomic E-state index is 8.32. The predicted octanol–water partition coefficient (Wildman–Crippen LogP) is 2.31. The Morgan fingerprint density at radius 2 is 2.08 bits per heavy atom. The van der Waals surface area contributed by atoms with E-state index in [1.807, 2.05) is 0 Å². The second-order valence-corrected chi connectivity index (χ2v) is 3.47. The highest BCUT2D eigenvalue weighted by molar-refractivity contribution is 4.72. The van der Waals surface area contributed by atoms with Crippen molar-refractivity contribution in [3.63, 3.8) is 0 Å². The van der Waals surface area contributed by atoms with E-state index in [0.717, 1.165) is 13.0 Å². The molecule has 0 amide bonds. The summed E-state index contributed by atoms with van der Waals surface area (Å²) in [5.74, 6) is 0.692. The quantitative estimate of drug-likeness (QED) is 0.618. The molecular formula is C10H20N2. The van der Waals surface area contributed by atoms with Crippen molar-refractivity contribution in [3.8, 4) is 6.07 Å². The van der Waals surface area contributed by atoms with Gasteiger partial charge in [-0.2, -0.15) is 5.26 Å². The highest BCUT2D eigenvalue weighted by Gasteiger charge is 2.08. The second kappa shape index (κ2) is 7.12. The van der Waals surface area contributed by atoms with E-state index in [9.17, 15) is 0 Å². The molecule has 0 aromatic rings. The number of nitrogens with zero attached hydrogens (tertiary/aromatic N) is 1. The molecule has 12 heavy (non-hydrogen) atoms. The molecule has 0 fully saturated rings. The highest BCUT2D eigenvalue weighted by atomic mass is 14.9. The van der Waals surface area contributed by atoms with Crippen molar-refractivity contribution in [2.75, 3.05) is 6.54 Å². The lowest BCUT2D eigenvalue weighted by Crippen LogP contribution is -2.33. The molecule has 0 saturated heterocycles. The number of hydrogen-bond acceptors (Lipinski definition) is 2. The van der Waals surface area contributed by atoms with Gasteiger partial charge in [-0.1, -0.05) is 20.8 Å². The van der Waals surface area contributed by atoms with Gasteiger partial charge in [0.15, 0.2) is 0 Å². The third-order valence-electron chi connectivity index (χ3n) is 2.12. The largest absolute Gasteiger partial charge is 0.314 e. The molecular weight excluding hydrogens is 148 g/mol. The Kier molecular flexibility index (Phi) is 6.79. The zero-order valence-corrected chi connectivity index (χ0v) is 8.43. The summed E-state index contributed by atoms with van der Waals surface area (Å²) < 4.78 is 0. The Morgan fingerprint density at radius 3 is 2.50 bits per heavy atom. The molecule has 0 aromatic heterocycles. The molecule has 0 radical (unpaired) electrons. The van der Waals surface area contributed by atoms with E-state index < -0.39 is 0 Å². The molecule has 1 atom stereocenters. The normalized spacial score (nSPS) is 12.9. The van der Waals surface area contributed by atoms with E-state index in [1.165, 1.54) is 6.42 Å². The summed E-state index contributed by atoms with van der Waals surface area (Å²) in [4.78, 5) is 0. The Morgan fingerprint density at radius 1 is 1.42 bits per heavy atom. The Labute approximate surface area is 76.0 Å². The molecule has 0 saturated carbocycles. The number of unbranched alkanes of at least 4 members (excludes halogenated alkanes) is 1. The van der Waals surface area contributed by atoms with Crippen LogP contribution in [0, 0.1) is 17.2 Å². The molecule has 0 aliphatic rings. The Balaban J connectivity index is 3.40.